The third-order valence-corrected chi connectivity index (χ3v) is 8.75. The first-order valence-electron chi connectivity index (χ1n) is 13.3. The van der Waals surface area contributed by atoms with Gasteiger partial charge >= 0.3 is 6.18 Å². The summed E-state index contributed by atoms with van der Waals surface area (Å²) in [5.41, 5.74) is 3.25. The van der Waals surface area contributed by atoms with Gasteiger partial charge in [-0.3, -0.25) is 4.90 Å². The van der Waals surface area contributed by atoms with Gasteiger partial charge in [-0.15, -0.1) is 0 Å². The SMILES string of the molecule is CNC(CN(C)C)c1ccc(C(F)(F)F)c(CN2CCC(C(c3ccc(Br)cc3)c3ccc(Br)cc3)CC2)c1. The second kappa shape index (κ2) is 13.3. The van der Waals surface area contributed by atoms with Crippen molar-refractivity contribution >= 4 is 31.9 Å². The average Bonchev–Trinajstić information content (AvgIpc) is 2.90. The van der Waals surface area contributed by atoms with Gasteiger partial charge in [0.05, 0.1) is 5.56 Å². The van der Waals surface area contributed by atoms with Gasteiger partial charge in [0.15, 0.2) is 0 Å². The van der Waals surface area contributed by atoms with Crippen molar-refractivity contribution in [3.05, 3.63) is 103 Å². The minimum atomic E-state index is -4.38. The van der Waals surface area contributed by atoms with Crippen LogP contribution >= 0.6 is 31.9 Å². The maximum atomic E-state index is 14.0. The van der Waals surface area contributed by atoms with E-state index >= 15 is 0 Å². The standard InChI is InChI=1S/C31H36Br2F3N3/c1-37-29(20-38(2)3)24-8-13-28(31(34,35)36)25(18-24)19-39-16-14-23(15-17-39)30(21-4-9-26(32)10-5-21)22-6-11-27(33)12-7-22/h4-13,18,23,29-30,37H,14-17,19-20H2,1-3H3. The molecule has 210 valence electrons. The normalized spacial score (nSPS) is 16.3. The Labute approximate surface area is 247 Å². The fourth-order valence-electron chi connectivity index (χ4n) is 5.73. The van der Waals surface area contributed by atoms with Gasteiger partial charge in [0.2, 0.25) is 0 Å². The average molecular weight is 667 g/mol. The first kappa shape index (κ1) is 30.3. The Bertz CT molecular complexity index is 1160. The van der Waals surface area contributed by atoms with Crippen molar-refractivity contribution in [2.45, 2.75) is 37.5 Å². The number of benzene rings is 3. The molecule has 0 aromatic heterocycles. The number of alkyl halides is 3. The molecule has 0 saturated carbocycles. The van der Waals surface area contributed by atoms with E-state index in [4.69, 9.17) is 0 Å². The smallest absolute Gasteiger partial charge is 0.312 e. The Morgan fingerprint density at radius 3 is 1.85 bits per heavy atom. The highest BCUT2D eigenvalue weighted by Gasteiger charge is 2.35. The molecule has 8 heteroatoms. The van der Waals surface area contributed by atoms with Crippen molar-refractivity contribution < 1.29 is 13.2 Å². The van der Waals surface area contributed by atoms with Crippen LogP contribution in [-0.4, -0.2) is 50.6 Å². The number of halogens is 5. The number of nitrogens with zero attached hydrogens (tertiary/aromatic N) is 2. The molecule has 1 atom stereocenters. The molecular weight excluding hydrogens is 631 g/mol. The van der Waals surface area contributed by atoms with E-state index in [-0.39, 0.29) is 12.0 Å². The lowest BCUT2D eigenvalue weighted by atomic mass is 9.76. The van der Waals surface area contributed by atoms with E-state index in [1.807, 2.05) is 26.0 Å². The zero-order valence-electron chi connectivity index (χ0n) is 22.6. The van der Waals surface area contributed by atoms with Crippen molar-refractivity contribution in [3.8, 4) is 0 Å². The van der Waals surface area contributed by atoms with Crippen LogP contribution in [0.25, 0.3) is 0 Å². The lowest BCUT2D eigenvalue weighted by Gasteiger charge is -2.37. The molecule has 1 heterocycles. The van der Waals surface area contributed by atoms with Crippen LogP contribution in [0.5, 0.6) is 0 Å². The van der Waals surface area contributed by atoms with Crippen LogP contribution < -0.4 is 5.32 Å². The molecule has 4 rings (SSSR count). The number of piperidine rings is 1. The molecule has 0 aliphatic carbocycles. The monoisotopic (exact) mass is 665 g/mol. The Hall–Kier alpha value is -1.71. The number of rotatable bonds is 9. The second-order valence-corrected chi connectivity index (χ2v) is 12.5. The summed E-state index contributed by atoms with van der Waals surface area (Å²) in [5.74, 6) is 0.649. The molecule has 1 aliphatic heterocycles. The molecule has 3 aromatic carbocycles. The van der Waals surface area contributed by atoms with Gasteiger partial charge in [-0.2, -0.15) is 13.2 Å². The largest absolute Gasteiger partial charge is 0.416 e. The molecule has 0 bridgehead atoms. The van der Waals surface area contributed by atoms with Crippen molar-refractivity contribution in [3.63, 3.8) is 0 Å². The van der Waals surface area contributed by atoms with Crippen molar-refractivity contribution in [2.24, 2.45) is 5.92 Å². The summed E-state index contributed by atoms with van der Waals surface area (Å²) in [4.78, 5) is 4.22. The summed E-state index contributed by atoms with van der Waals surface area (Å²) in [6, 6.07) is 21.6. The van der Waals surface area contributed by atoms with Gasteiger partial charge in [0.25, 0.3) is 0 Å². The Balaban J connectivity index is 1.54. The first-order valence-corrected chi connectivity index (χ1v) is 14.9. The van der Waals surface area contributed by atoms with E-state index in [0.29, 0.717) is 24.6 Å². The summed E-state index contributed by atoms with van der Waals surface area (Å²) in [5, 5.41) is 3.25. The van der Waals surface area contributed by atoms with Crippen LogP contribution in [0.3, 0.4) is 0 Å². The molecule has 1 saturated heterocycles. The van der Waals surface area contributed by atoms with Crippen LogP contribution in [0.15, 0.2) is 75.7 Å². The van der Waals surface area contributed by atoms with Crippen LogP contribution in [0, 0.1) is 5.92 Å². The number of hydrogen-bond acceptors (Lipinski definition) is 3. The van der Waals surface area contributed by atoms with Crippen molar-refractivity contribution in [1.82, 2.24) is 15.1 Å². The summed E-state index contributed by atoms with van der Waals surface area (Å²) < 4.78 is 44.0. The van der Waals surface area contributed by atoms with E-state index in [9.17, 15) is 13.2 Å². The van der Waals surface area contributed by atoms with E-state index < -0.39 is 11.7 Å². The Kier molecular flexibility index (Phi) is 10.3. The topological polar surface area (TPSA) is 18.5 Å². The van der Waals surface area contributed by atoms with Gasteiger partial charge in [-0.1, -0.05) is 68.3 Å². The molecule has 39 heavy (non-hydrogen) atoms. The molecule has 1 N–H and O–H groups in total. The lowest BCUT2D eigenvalue weighted by Crippen LogP contribution is -2.36. The zero-order valence-corrected chi connectivity index (χ0v) is 25.8. The fourth-order valence-corrected chi connectivity index (χ4v) is 6.26. The van der Waals surface area contributed by atoms with Crippen LogP contribution in [0.4, 0.5) is 13.2 Å². The minimum absolute atomic E-state index is 0.0376. The zero-order chi connectivity index (χ0) is 28.2. The van der Waals surface area contributed by atoms with Crippen molar-refractivity contribution in [1.29, 1.82) is 0 Å². The molecule has 1 unspecified atom stereocenters. The number of hydrogen-bond donors (Lipinski definition) is 1. The minimum Gasteiger partial charge on any atom is -0.312 e. The molecule has 0 radical (unpaired) electrons. The number of likely N-dealkylation sites (N-methyl/N-ethyl adjacent to an activating group) is 2. The van der Waals surface area contributed by atoms with Gasteiger partial charge in [-0.05, 0) is 106 Å². The summed E-state index contributed by atoms with van der Waals surface area (Å²) >= 11 is 7.09. The van der Waals surface area contributed by atoms with E-state index in [0.717, 1.165) is 40.4 Å². The Morgan fingerprint density at radius 1 is 0.872 bits per heavy atom. The number of likely N-dealkylation sites (tertiary alicyclic amines) is 1. The third-order valence-electron chi connectivity index (χ3n) is 7.69. The summed E-state index contributed by atoms with van der Waals surface area (Å²) in [7, 11) is 5.79. The molecule has 0 amide bonds. The van der Waals surface area contributed by atoms with E-state index in [1.165, 1.54) is 17.2 Å². The highest BCUT2D eigenvalue weighted by atomic mass is 79.9. The maximum absolute atomic E-state index is 14.0. The maximum Gasteiger partial charge on any atom is 0.416 e. The van der Waals surface area contributed by atoms with Crippen LogP contribution in [-0.2, 0) is 12.7 Å². The van der Waals surface area contributed by atoms with Crippen molar-refractivity contribution in [2.75, 3.05) is 40.8 Å². The molecule has 0 spiro atoms. The van der Waals surface area contributed by atoms with E-state index in [2.05, 4.69) is 90.6 Å². The van der Waals surface area contributed by atoms with Gasteiger partial charge in [-0.25, -0.2) is 0 Å². The number of nitrogens with one attached hydrogen (secondary N) is 1. The molecular formula is C31H36Br2F3N3. The quantitative estimate of drug-likeness (QED) is 0.249. The van der Waals surface area contributed by atoms with Gasteiger partial charge in [0, 0.05) is 34.0 Å². The predicted octanol–water partition coefficient (Wildman–Crippen LogP) is 8.10. The highest BCUT2D eigenvalue weighted by Crippen LogP contribution is 2.40. The highest BCUT2D eigenvalue weighted by molar-refractivity contribution is 9.10. The molecule has 1 fully saturated rings. The summed E-state index contributed by atoms with van der Waals surface area (Å²) in [6.45, 7) is 2.54. The van der Waals surface area contributed by atoms with Crippen LogP contribution in [0.1, 0.15) is 52.6 Å². The molecule has 3 aromatic rings. The van der Waals surface area contributed by atoms with Crippen LogP contribution in [0.2, 0.25) is 0 Å². The lowest BCUT2D eigenvalue weighted by molar-refractivity contribution is -0.138. The molecule has 3 nitrogen and oxygen atoms in total. The third kappa shape index (κ3) is 7.94. The van der Waals surface area contributed by atoms with Gasteiger partial charge in [0.1, 0.15) is 0 Å². The predicted molar refractivity (Wildman–Crippen MR) is 160 cm³/mol. The van der Waals surface area contributed by atoms with Gasteiger partial charge < -0.3 is 10.2 Å². The fraction of sp³-hybridized carbons (Fsp3) is 0.419. The Morgan fingerprint density at radius 2 is 1.38 bits per heavy atom. The van der Waals surface area contributed by atoms with E-state index in [1.54, 1.807) is 12.1 Å². The second-order valence-electron chi connectivity index (χ2n) is 10.7. The molecule has 1 aliphatic rings. The first-order chi connectivity index (χ1) is 18.5. The summed E-state index contributed by atoms with van der Waals surface area (Å²) in [6.07, 6.45) is -2.52.